The fraction of sp³-hybridized carbons (Fsp3) is 0.222. The van der Waals surface area contributed by atoms with Gasteiger partial charge in [0, 0.05) is 28.2 Å². The molecule has 0 bridgehead atoms. The van der Waals surface area contributed by atoms with Crippen LogP contribution in [0.15, 0.2) is 54.6 Å². The summed E-state index contributed by atoms with van der Waals surface area (Å²) in [5, 5.41) is 8.87. The number of anilines is 1. The van der Waals surface area contributed by atoms with Crippen molar-refractivity contribution < 1.29 is 57.9 Å². The number of ketones is 1. The molecule has 0 atom stereocenters. The summed E-state index contributed by atoms with van der Waals surface area (Å²) in [5.74, 6) is -3.55. The van der Waals surface area contributed by atoms with Crippen molar-refractivity contribution in [1.29, 1.82) is 5.26 Å². The molecule has 0 saturated heterocycles. The number of rotatable bonds is 6. The molecule has 0 radical (unpaired) electrons. The number of hydrogen-bond acceptors (Lipinski definition) is 3. The lowest BCUT2D eigenvalue weighted by molar-refractivity contribution is -0.348. The molecular formula is C27H14F11IN2O2. The Morgan fingerprint density at radius 2 is 1.44 bits per heavy atom. The molecule has 0 spiro atoms. The average Bonchev–Trinajstić information content (AvgIpc) is 2.90. The molecule has 1 amide bonds. The Balaban J connectivity index is 2.06. The Hall–Kier alpha value is -3.75. The van der Waals surface area contributed by atoms with Gasteiger partial charge in [-0.1, -0.05) is 6.07 Å². The first-order valence-corrected chi connectivity index (χ1v) is 12.6. The highest BCUT2D eigenvalue weighted by atomic mass is 127. The van der Waals surface area contributed by atoms with E-state index in [-0.39, 0.29) is 17.2 Å². The van der Waals surface area contributed by atoms with Gasteiger partial charge in [0.05, 0.1) is 28.4 Å². The lowest BCUT2D eigenvalue weighted by Gasteiger charge is -2.31. The molecule has 0 saturated carbocycles. The number of Topliss-reactive ketones (excluding diaryl/α,β-unsaturated/α-hetero) is 1. The zero-order chi connectivity index (χ0) is 32.7. The molecule has 3 aromatic carbocycles. The van der Waals surface area contributed by atoms with Crippen LogP contribution in [0.1, 0.15) is 43.0 Å². The number of carbonyl (C=O) groups excluding carboxylic acids is 2. The summed E-state index contributed by atoms with van der Waals surface area (Å²) in [7, 11) is 1.11. The van der Waals surface area contributed by atoms with E-state index in [0.717, 1.165) is 52.7 Å². The van der Waals surface area contributed by atoms with E-state index >= 15 is 4.39 Å². The molecule has 16 heteroatoms. The normalized spacial score (nSPS) is 12.6. The van der Waals surface area contributed by atoms with Crippen molar-refractivity contribution in [2.24, 2.45) is 0 Å². The van der Waals surface area contributed by atoms with Gasteiger partial charge in [0.25, 0.3) is 5.91 Å². The van der Waals surface area contributed by atoms with Crippen LogP contribution in [0.4, 0.5) is 54.0 Å². The molecule has 0 aliphatic rings. The zero-order valence-electron chi connectivity index (χ0n) is 21.1. The van der Waals surface area contributed by atoms with Crippen molar-refractivity contribution in [3.8, 4) is 6.07 Å². The zero-order valence-corrected chi connectivity index (χ0v) is 23.3. The van der Waals surface area contributed by atoms with Gasteiger partial charge in [0.1, 0.15) is 0 Å². The van der Waals surface area contributed by atoms with E-state index in [1.54, 1.807) is 0 Å². The SMILES string of the molecule is CN(C(=O)c1ccc(C#N)cc1)c1cccc(C(=O)Cc2c(I)cc(C(F)(C(F)(F)F)C(F)(F)F)cc2C(F)(F)F)c1F. The number of amides is 1. The number of nitrogens with zero attached hydrogens (tertiary/aromatic N) is 2. The van der Waals surface area contributed by atoms with Gasteiger partial charge in [0.15, 0.2) is 11.6 Å². The maximum atomic E-state index is 15.4. The predicted octanol–water partition coefficient (Wildman–Crippen LogP) is 8.31. The minimum atomic E-state index is -6.70. The van der Waals surface area contributed by atoms with Crippen molar-refractivity contribution in [3.63, 3.8) is 0 Å². The Morgan fingerprint density at radius 3 is 1.93 bits per heavy atom. The quantitative estimate of drug-likeness (QED) is 0.146. The van der Waals surface area contributed by atoms with Crippen LogP contribution in [-0.4, -0.2) is 31.1 Å². The van der Waals surface area contributed by atoms with E-state index in [4.69, 9.17) is 5.26 Å². The third-order valence-electron chi connectivity index (χ3n) is 6.22. The van der Waals surface area contributed by atoms with Gasteiger partial charge in [-0.25, -0.2) is 8.78 Å². The lowest BCUT2D eigenvalue weighted by atomic mass is 9.89. The predicted molar refractivity (Wildman–Crippen MR) is 137 cm³/mol. The highest BCUT2D eigenvalue weighted by molar-refractivity contribution is 14.1. The van der Waals surface area contributed by atoms with E-state index in [1.807, 2.05) is 6.07 Å². The molecule has 0 unspecified atom stereocenters. The van der Waals surface area contributed by atoms with Crippen molar-refractivity contribution >= 4 is 40.0 Å². The van der Waals surface area contributed by atoms with Crippen LogP contribution in [0, 0.1) is 20.7 Å². The van der Waals surface area contributed by atoms with E-state index in [2.05, 4.69) is 0 Å². The Bertz CT molecular complexity index is 1590. The van der Waals surface area contributed by atoms with Crippen molar-refractivity contribution in [2.75, 3.05) is 11.9 Å². The minimum Gasteiger partial charge on any atom is -0.309 e. The van der Waals surface area contributed by atoms with E-state index in [0.29, 0.717) is 0 Å². The van der Waals surface area contributed by atoms with Gasteiger partial charge < -0.3 is 4.90 Å². The summed E-state index contributed by atoms with van der Waals surface area (Å²) >= 11 is 0.926. The van der Waals surface area contributed by atoms with Crippen LogP contribution in [0.5, 0.6) is 0 Å². The Kier molecular flexibility index (Phi) is 9.21. The van der Waals surface area contributed by atoms with Crippen LogP contribution in [0.2, 0.25) is 0 Å². The van der Waals surface area contributed by atoms with Crippen LogP contribution >= 0.6 is 22.6 Å². The van der Waals surface area contributed by atoms with Gasteiger partial charge in [0.2, 0.25) is 0 Å². The minimum absolute atomic E-state index is 0.00347. The number of halogens is 12. The highest BCUT2D eigenvalue weighted by Crippen LogP contribution is 2.54. The maximum Gasteiger partial charge on any atom is 0.435 e. The first kappa shape index (κ1) is 33.7. The monoisotopic (exact) mass is 734 g/mol. The van der Waals surface area contributed by atoms with Gasteiger partial charge in [-0.2, -0.15) is 44.8 Å². The highest BCUT2D eigenvalue weighted by Gasteiger charge is 2.73. The molecule has 0 aromatic heterocycles. The largest absolute Gasteiger partial charge is 0.435 e. The second-order valence-corrected chi connectivity index (χ2v) is 10.1. The van der Waals surface area contributed by atoms with E-state index < -0.39 is 85.7 Å². The molecule has 4 nitrogen and oxygen atoms in total. The smallest absolute Gasteiger partial charge is 0.309 e. The van der Waals surface area contributed by atoms with E-state index in [1.165, 1.54) is 24.3 Å². The van der Waals surface area contributed by atoms with Crippen LogP contribution in [0.3, 0.4) is 0 Å². The average molecular weight is 734 g/mol. The summed E-state index contributed by atoms with van der Waals surface area (Å²) < 4.78 is 150. The molecule has 3 rings (SSSR count). The number of carbonyl (C=O) groups is 2. The summed E-state index contributed by atoms with van der Waals surface area (Å²) in [6, 6.07) is 9.15. The first-order chi connectivity index (χ1) is 19.6. The molecule has 228 valence electrons. The van der Waals surface area contributed by atoms with Crippen LogP contribution in [0.25, 0.3) is 0 Å². The summed E-state index contributed by atoms with van der Waals surface area (Å²) in [4.78, 5) is 26.5. The third kappa shape index (κ3) is 6.45. The van der Waals surface area contributed by atoms with Crippen LogP contribution in [-0.2, 0) is 18.3 Å². The Morgan fingerprint density at radius 1 is 0.884 bits per heavy atom. The molecule has 0 aliphatic heterocycles. The number of benzene rings is 3. The third-order valence-corrected chi connectivity index (χ3v) is 7.19. The Labute approximate surface area is 248 Å². The summed E-state index contributed by atoms with van der Waals surface area (Å²) in [5.41, 5.74) is -13.0. The molecular weight excluding hydrogens is 720 g/mol. The van der Waals surface area contributed by atoms with Crippen molar-refractivity contribution in [2.45, 2.75) is 30.6 Å². The van der Waals surface area contributed by atoms with Gasteiger partial charge in [-0.05, 0) is 76.7 Å². The lowest BCUT2D eigenvalue weighted by Crippen LogP contribution is -2.50. The van der Waals surface area contributed by atoms with Gasteiger partial charge in [-0.15, -0.1) is 0 Å². The fourth-order valence-corrected chi connectivity index (χ4v) is 4.81. The first-order valence-electron chi connectivity index (χ1n) is 11.5. The summed E-state index contributed by atoms with van der Waals surface area (Å²) in [6.07, 6.45) is -20.4. The molecule has 3 aromatic rings. The number of alkyl halides is 10. The number of hydrogen-bond donors (Lipinski definition) is 0. The standard InChI is InChI=1S/C27H14F11IN2O2/c1-41(23(43)14-7-5-13(12-40)6-8-14)20-4-2-3-16(22(20)28)21(42)11-17-18(25(30,31)32)9-15(10-19(17)39)24(29,26(33,34)35)27(36,37)38/h2-10H,11H2,1H3. The fourth-order valence-electron chi connectivity index (χ4n) is 4.00. The van der Waals surface area contributed by atoms with Crippen molar-refractivity contribution in [3.05, 3.63) is 97.4 Å². The molecule has 0 aliphatic carbocycles. The van der Waals surface area contributed by atoms with E-state index in [9.17, 15) is 53.5 Å². The molecule has 43 heavy (non-hydrogen) atoms. The molecule has 0 heterocycles. The second kappa shape index (κ2) is 11.7. The molecule has 0 N–H and O–H groups in total. The van der Waals surface area contributed by atoms with Gasteiger partial charge >= 0.3 is 24.2 Å². The van der Waals surface area contributed by atoms with Gasteiger partial charge in [-0.3, -0.25) is 9.59 Å². The van der Waals surface area contributed by atoms with Crippen LogP contribution < -0.4 is 4.90 Å². The topological polar surface area (TPSA) is 61.2 Å². The summed E-state index contributed by atoms with van der Waals surface area (Å²) in [6.45, 7) is 0. The molecule has 0 fully saturated rings. The number of nitriles is 1. The maximum absolute atomic E-state index is 15.4. The van der Waals surface area contributed by atoms with Crippen molar-refractivity contribution in [1.82, 2.24) is 0 Å². The second-order valence-electron chi connectivity index (χ2n) is 8.93.